The minimum absolute atomic E-state index is 0.186. The fraction of sp³-hybridized carbons (Fsp3) is 0.474. The zero-order valence-electron chi connectivity index (χ0n) is 15.5. The standard InChI is InChI=1S/C19H27N5S/c1-5-23(6-2)19-21-13-15(25-19)12-20-14(4)18-22-16-10-8-9-11-17(16)24(18)7-3/h8-11,13-14,20H,5-7,12H2,1-4H3. The minimum Gasteiger partial charge on any atom is -0.349 e. The van der Waals surface area contributed by atoms with Crippen molar-refractivity contribution < 1.29 is 0 Å². The summed E-state index contributed by atoms with van der Waals surface area (Å²) in [5.41, 5.74) is 2.27. The van der Waals surface area contributed by atoms with Crippen LogP contribution in [0.4, 0.5) is 5.13 Å². The fourth-order valence-corrected chi connectivity index (χ4v) is 4.11. The van der Waals surface area contributed by atoms with E-state index in [0.29, 0.717) is 0 Å². The van der Waals surface area contributed by atoms with E-state index in [9.17, 15) is 0 Å². The summed E-state index contributed by atoms with van der Waals surface area (Å²) in [6.07, 6.45) is 1.99. The third kappa shape index (κ3) is 3.70. The lowest BCUT2D eigenvalue weighted by Crippen LogP contribution is -2.21. The molecule has 0 spiro atoms. The fourth-order valence-electron chi connectivity index (χ4n) is 3.12. The van der Waals surface area contributed by atoms with Gasteiger partial charge >= 0.3 is 0 Å². The molecular formula is C19H27N5S. The lowest BCUT2D eigenvalue weighted by atomic mass is 10.3. The Balaban J connectivity index is 1.72. The van der Waals surface area contributed by atoms with Gasteiger partial charge in [0.1, 0.15) is 5.82 Å². The monoisotopic (exact) mass is 357 g/mol. The van der Waals surface area contributed by atoms with E-state index in [1.54, 1.807) is 11.3 Å². The summed E-state index contributed by atoms with van der Waals surface area (Å²) >= 11 is 1.77. The molecule has 25 heavy (non-hydrogen) atoms. The number of fused-ring (bicyclic) bond motifs is 1. The van der Waals surface area contributed by atoms with Gasteiger partial charge in [-0.05, 0) is 39.8 Å². The Morgan fingerprint density at radius 2 is 1.96 bits per heavy atom. The summed E-state index contributed by atoms with van der Waals surface area (Å²) in [7, 11) is 0. The van der Waals surface area contributed by atoms with Crippen molar-refractivity contribution in [2.45, 2.75) is 46.8 Å². The smallest absolute Gasteiger partial charge is 0.185 e. The van der Waals surface area contributed by atoms with Crippen molar-refractivity contribution in [2.75, 3.05) is 18.0 Å². The highest BCUT2D eigenvalue weighted by Crippen LogP contribution is 2.24. The number of anilines is 1. The SMILES string of the molecule is CCN(CC)c1ncc(CNC(C)c2nc3ccccc3n2CC)s1. The van der Waals surface area contributed by atoms with Crippen LogP contribution in [0.25, 0.3) is 11.0 Å². The molecule has 2 aromatic heterocycles. The van der Waals surface area contributed by atoms with Crippen molar-refractivity contribution in [1.82, 2.24) is 19.9 Å². The highest BCUT2D eigenvalue weighted by Gasteiger charge is 2.16. The van der Waals surface area contributed by atoms with E-state index in [0.717, 1.165) is 42.7 Å². The molecule has 0 amide bonds. The van der Waals surface area contributed by atoms with Gasteiger partial charge < -0.3 is 14.8 Å². The number of imidazole rings is 1. The topological polar surface area (TPSA) is 46.0 Å². The largest absolute Gasteiger partial charge is 0.349 e. The number of aryl methyl sites for hydroxylation is 1. The Kier molecular flexibility index (Phi) is 5.71. The summed E-state index contributed by atoms with van der Waals surface area (Å²) in [6.45, 7) is 12.4. The average molecular weight is 358 g/mol. The van der Waals surface area contributed by atoms with E-state index in [1.807, 2.05) is 12.3 Å². The molecule has 0 saturated carbocycles. The van der Waals surface area contributed by atoms with E-state index in [2.05, 4.69) is 65.7 Å². The molecule has 1 unspecified atom stereocenters. The first-order valence-corrected chi connectivity index (χ1v) is 9.87. The second kappa shape index (κ2) is 7.97. The van der Waals surface area contributed by atoms with Crippen molar-refractivity contribution in [3.63, 3.8) is 0 Å². The maximum atomic E-state index is 4.84. The molecule has 0 fully saturated rings. The number of para-hydroxylation sites is 2. The van der Waals surface area contributed by atoms with Crippen LogP contribution < -0.4 is 10.2 Å². The summed E-state index contributed by atoms with van der Waals surface area (Å²) in [5.74, 6) is 1.09. The zero-order chi connectivity index (χ0) is 17.8. The van der Waals surface area contributed by atoms with Crippen LogP contribution in [0.1, 0.15) is 44.4 Å². The Morgan fingerprint density at radius 3 is 2.68 bits per heavy atom. The normalized spacial score (nSPS) is 12.6. The van der Waals surface area contributed by atoms with E-state index < -0.39 is 0 Å². The average Bonchev–Trinajstić information content (AvgIpc) is 3.25. The van der Waals surface area contributed by atoms with Crippen LogP contribution in [-0.4, -0.2) is 27.6 Å². The molecule has 6 heteroatoms. The first kappa shape index (κ1) is 17.9. The summed E-state index contributed by atoms with van der Waals surface area (Å²) < 4.78 is 2.29. The number of nitrogens with one attached hydrogen (secondary N) is 1. The molecule has 2 heterocycles. The highest BCUT2D eigenvalue weighted by atomic mass is 32.1. The predicted molar refractivity (Wildman–Crippen MR) is 106 cm³/mol. The quantitative estimate of drug-likeness (QED) is 0.656. The van der Waals surface area contributed by atoms with Gasteiger partial charge in [0, 0.05) is 37.3 Å². The highest BCUT2D eigenvalue weighted by molar-refractivity contribution is 7.15. The van der Waals surface area contributed by atoms with Gasteiger partial charge in [0.05, 0.1) is 17.1 Å². The van der Waals surface area contributed by atoms with E-state index in [4.69, 9.17) is 4.98 Å². The first-order valence-electron chi connectivity index (χ1n) is 9.06. The number of benzene rings is 1. The number of hydrogen-bond acceptors (Lipinski definition) is 5. The molecule has 0 aliphatic rings. The lowest BCUT2D eigenvalue weighted by molar-refractivity contribution is 0.524. The van der Waals surface area contributed by atoms with Gasteiger partial charge in [-0.1, -0.05) is 12.1 Å². The van der Waals surface area contributed by atoms with Crippen molar-refractivity contribution in [3.05, 3.63) is 41.2 Å². The lowest BCUT2D eigenvalue weighted by Gasteiger charge is -2.16. The van der Waals surface area contributed by atoms with E-state index in [-0.39, 0.29) is 6.04 Å². The molecule has 1 aromatic carbocycles. The second-order valence-corrected chi connectivity index (χ2v) is 7.18. The van der Waals surface area contributed by atoms with Crippen molar-refractivity contribution in [1.29, 1.82) is 0 Å². The van der Waals surface area contributed by atoms with Crippen LogP contribution in [-0.2, 0) is 13.1 Å². The van der Waals surface area contributed by atoms with Crippen molar-refractivity contribution in [2.24, 2.45) is 0 Å². The van der Waals surface area contributed by atoms with Gasteiger partial charge in [-0.2, -0.15) is 0 Å². The summed E-state index contributed by atoms with van der Waals surface area (Å²) in [5, 5.41) is 4.71. The van der Waals surface area contributed by atoms with Crippen LogP contribution in [0.5, 0.6) is 0 Å². The van der Waals surface area contributed by atoms with Gasteiger partial charge in [-0.3, -0.25) is 0 Å². The molecule has 0 saturated heterocycles. The van der Waals surface area contributed by atoms with Crippen molar-refractivity contribution >= 4 is 27.5 Å². The van der Waals surface area contributed by atoms with E-state index >= 15 is 0 Å². The van der Waals surface area contributed by atoms with Crippen LogP contribution in [0.2, 0.25) is 0 Å². The predicted octanol–water partition coefficient (Wildman–Crippen LogP) is 4.21. The Labute approximate surface area is 153 Å². The maximum absolute atomic E-state index is 4.84. The molecule has 5 nitrogen and oxygen atoms in total. The molecule has 0 bridgehead atoms. The molecule has 3 aromatic rings. The molecule has 0 radical (unpaired) electrons. The second-order valence-electron chi connectivity index (χ2n) is 6.09. The molecular weight excluding hydrogens is 330 g/mol. The van der Waals surface area contributed by atoms with Crippen LogP contribution in [0.15, 0.2) is 30.5 Å². The third-order valence-electron chi connectivity index (χ3n) is 4.55. The molecule has 1 atom stereocenters. The number of aromatic nitrogens is 3. The number of rotatable bonds is 8. The van der Waals surface area contributed by atoms with Crippen LogP contribution >= 0.6 is 11.3 Å². The van der Waals surface area contributed by atoms with Gasteiger partial charge in [0.25, 0.3) is 0 Å². The molecule has 134 valence electrons. The Hall–Kier alpha value is -1.92. The molecule has 0 aliphatic heterocycles. The van der Waals surface area contributed by atoms with Gasteiger partial charge in [0.15, 0.2) is 5.13 Å². The molecule has 3 rings (SSSR count). The number of hydrogen-bond donors (Lipinski definition) is 1. The molecule has 1 N–H and O–H groups in total. The van der Waals surface area contributed by atoms with Gasteiger partial charge in [-0.15, -0.1) is 11.3 Å². The minimum atomic E-state index is 0.186. The van der Waals surface area contributed by atoms with Gasteiger partial charge in [-0.25, -0.2) is 9.97 Å². The van der Waals surface area contributed by atoms with E-state index in [1.165, 1.54) is 10.4 Å². The Bertz CT molecular complexity index is 818. The molecule has 0 aliphatic carbocycles. The summed E-state index contributed by atoms with van der Waals surface area (Å²) in [4.78, 5) is 12.9. The maximum Gasteiger partial charge on any atom is 0.185 e. The van der Waals surface area contributed by atoms with Crippen LogP contribution in [0.3, 0.4) is 0 Å². The number of thiazole rings is 1. The third-order valence-corrected chi connectivity index (χ3v) is 5.60. The van der Waals surface area contributed by atoms with Gasteiger partial charge in [0.2, 0.25) is 0 Å². The Morgan fingerprint density at radius 1 is 1.20 bits per heavy atom. The number of nitrogens with zero attached hydrogens (tertiary/aromatic N) is 4. The zero-order valence-corrected chi connectivity index (χ0v) is 16.3. The summed E-state index contributed by atoms with van der Waals surface area (Å²) in [6, 6.07) is 8.53. The first-order chi connectivity index (χ1) is 12.2. The van der Waals surface area contributed by atoms with Crippen LogP contribution in [0, 0.1) is 0 Å². The van der Waals surface area contributed by atoms with Crippen molar-refractivity contribution in [3.8, 4) is 0 Å².